The van der Waals surface area contributed by atoms with Gasteiger partial charge < -0.3 is 19.6 Å². The molecule has 0 aliphatic heterocycles. The molecular formula is C71H52N4. The molecule has 0 heterocycles. The average molecular weight is 988 g/mol. The van der Waals surface area contributed by atoms with Crippen molar-refractivity contribution < 1.29 is 37.0 Å². The summed E-state index contributed by atoms with van der Waals surface area (Å²) in [7, 11) is 0. The van der Waals surface area contributed by atoms with Crippen LogP contribution in [0.4, 0.5) is 68.2 Å². The Morgan fingerprint density at radius 3 is 0.827 bits per heavy atom. The van der Waals surface area contributed by atoms with Gasteiger partial charge in [0, 0.05) is 77.8 Å². The summed E-state index contributed by atoms with van der Waals surface area (Å²) in [5, 5.41) is 3.35. The molecule has 0 saturated carbocycles. The van der Waals surface area contributed by atoms with Gasteiger partial charge in [-0.15, -0.1) is 0 Å². The Kier molecular flexibility index (Phi) is 6.45. The molecule has 0 aliphatic rings. The molecule has 0 aliphatic carbocycles. The minimum atomic E-state index is -0.986. The second-order valence-electron chi connectivity index (χ2n) is 16.9. The van der Waals surface area contributed by atoms with Crippen LogP contribution in [0.3, 0.4) is 0 Å². The van der Waals surface area contributed by atoms with Crippen molar-refractivity contribution in [2.24, 2.45) is 0 Å². The van der Waals surface area contributed by atoms with Crippen LogP contribution in [0.2, 0.25) is 0 Å². The van der Waals surface area contributed by atoms with Crippen molar-refractivity contribution in [1.29, 1.82) is 0 Å². The highest BCUT2D eigenvalue weighted by molar-refractivity contribution is 6.24. The zero-order chi connectivity index (χ0) is 73.6. The van der Waals surface area contributed by atoms with Crippen LogP contribution in [0.25, 0.3) is 43.1 Å². The summed E-state index contributed by atoms with van der Waals surface area (Å²) >= 11 is 0. The van der Waals surface area contributed by atoms with Crippen LogP contribution in [-0.2, 0) is 0 Å². The third kappa shape index (κ3) is 8.35. The highest BCUT2D eigenvalue weighted by Crippen LogP contribution is 2.53. The van der Waals surface area contributed by atoms with Crippen molar-refractivity contribution in [3.05, 3.63) is 302 Å². The van der Waals surface area contributed by atoms with E-state index in [2.05, 4.69) is 0 Å². The first-order valence-electron chi connectivity index (χ1n) is 37.0. The Bertz CT molecular complexity index is 5100. The lowest BCUT2D eigenvalue weighted by Crippen LogP contribution is -2.15. The van der Waals surface area contributed by atoms with Gasteiger partial charge in [0.1, 0.15) is 0 Å². The van der Waals surface area contributed by atoms with E-state index in [1.54, 1.807) is 121 Å². The molecule has 356 valence electrons. The molecule has 0 radical (unpaired) electrons. The average Bonchev–Trinajstić information content (AvgIpc) is 0.715. The highest BCUT2D eigenvalue weighted by atomic mass is 15.2. The molecule has 0 saturated heterocycles. The Hall–Kier alpha value is -9.90. The van der Waals surface area contributed by atoms with Crippen molar-refractivity contribution >= 4 is 111 Å². The maximum absolute atomic E-state index is 10.4. The second-order valence-corrected chi connectivity index (χ2v) is 16.9. The lowest BCUT2D eigenvalue weighted by atomic mass is 9.94. The van der Waals surface area contributed by atoms with Gasteiger partial charge in [-0.25, -0.2) is 0 Å². The first-order valence-corrected chi connectivity index (χ1v) is 23.5. The van der Waals surface area contributed by atoms with Crippen LogP contribution in [0.1, 0.15) is 42.6 Å². The van der Waals surface area contributed by atoms with E-state index in [0.717, 1.165) is 0 Å². The van der Waals surface area contributed by atoms with Gasteiger partial charge in [0.15, 0.2) is 0 Å². The number of nitrogens with zero attached hydrogens (tertiary/aromatic N) is 4. The summed E-state index contributed by atoms with van der Waals surface area (Å²) in [5.74, 6) is 0. The number of hydrogen-bond acceptors (Lipinski definition) is 4. The van der Waals surface area contributed by atoms with Gasteiger partial charge in [0.2, 0.25) is 0 Å². The summed E-state index contributed by atoms with van der Waals surface area (Å²) in [5.41, 5.74) is -5.18. The summed E-state index contributed by atoms with van der Waals surface area (Å²) < 4.78 is 251. The summed E-state index contributed by atoms with van der Waals surface area (Å²) in [6.07, 6.45) is 0. The van der Waals surface area contributed by atoms with Gasteiger partial charge in [-0.2, -0.15) is 0 Å². The van der Waals surface area contributed by atoms with E-state index < -0.39 is 209 Å². The number of rotatable bonds is 12. The van der Waals surface area contributed by atoms with Gasteiger partial charge in [-0.3, -0.25) is 0 Å². The van der Waals surface area contributed by atoms with E-state index >= 15 is 0 Å². The predicted octanol–water partition coefficient (Wildman–Crippen LogP) is 20.5. The molecule has 4 nitrogen and oxygen atoms in total. The molecule has 75 heavy (non-hydrogen) atoms. The first kappa shape index (κ1) is 24.7. The Labute approximate surface area is 476 Å². The monoisotopic (exact) mass is 988 g/mol. The minimum absolute atomic E-state index is 0.131. The molecule has 0 unspecified atom stereocenters. The Balaban J connectivity index is 1.16. The van der Waals surface area contributed by atoms with E-state index in [-0.39, 0.29) is 49.9 Å². The van der Waals surface area contributed by atoms with Crippen LogP contribution in [0, 0.1) is 6.92 Å². The number of anilines is 12. The maximum Gasteiger partial charge on any atom is 0.0646 e. The zero-order valence-corrected chi connectivity index (χ0v) is 39.5. The third-order valence-electron chi connectivity index (χ3n) is 12.5. The van der Waals surface area contributed by atoms with Crippen molar-refractivity contribution in [3.8, 4) is 0 Å². The molecule has 13 aromatic carbocycles. The first-order chi connectivity index (χ1) is 48.4. The lowest BCUT2D eigenvalue weighted by Gasteiger charge is -2.34. The number of para-hydroxylation sites is 3. The van der Waals surface area contributed by atoms with Crippen LogP contribution >= 0.6 is 0 Å². The van der Waals surface area contributed by atoms with Gasteiger partial charge in [0.25, 0.3) is 0 Å². The van der Waals surface area contributed by atoms with E-state index in [1.807, 2.05) is 12.1 Å². The van der Waals surface area contributed by atoms with E-state index in [9.17, 15) is 21.9 Å². The molecule has 4 heteroatoms. The second kappa shape index (κ2) is 19.6. The van der Waals surface area contributed by atoms with Gasteiger partial charge in [-0.05, 0) is 127 Å². The zero-order valence-electron chi connectivity index (χ0n) is 66.5. The summed E-state index contributed by atoms with van der Waals surface area (Å²) in [6, 6.07) is 14.1. The molecule has 13 rings (SSSR count). The molecule has 0 amide bonds. The summed E-state index contributed by atoms with van der Waals surface area (Å²) in [6.45, 7) is 1.31. The third-order valence-corrected chi connectivity index (χ3v) is 12.5. The summed E-state index contributed by atoms with van der Waals surface area (Å²) in [4.78, 5) is 4.23. The van der Waals surface area contributed by atoms with Crippen molar-refractivity contribution in [3.63, 3.8) is 0 Å². The molecule has 0 bridgehead atoms. The SMILES string of the molecule is [2H]c1c([2H])c([2H])c(N(c2c([2H])c([2H])c([2H])c([2H])c2[2H])c2c([2H])c([2H])c(N(c3cccc4ccccc34)c3c4ccccc4c(N(c4c([2H])c([2H])c(N(c5c([2H])c([2H])c([2H])c([2H])c5[2H])c5c([2H])c([2H])c(C)c([2H])c5[2H])c([2H])c4[2H])c4cccc5ccccc45)c4ccccc34)c([2H])c2[2H])c([2H])c1[2H]. The molecular weight excluding hydrogens is 909 g/mol. The van der Waals surface area contributed by atoms with Crippen molar-refractivity contribution in [2.75, 3.05) is 19.6 Å². The molecule has 0 atom stereocenters. The normalized spacial score (nSPS) is 16.3. The van der Waals surface area contributed by atoms with Gasteiger partial charge >= 0.3 is 0 Å². The number of benzene rings is 13. The van der Waals surface area contributed by atoms with Gasteiger partial charge in [-0.1, -0.05) is 193 Å². The molecule has 0 aromatic heterocycles. The Morgan fingerprint density at radius 2 is 0.493 bits per heavy atom. The molecule has 0 spiro atoms. The van der Waals surface area contributed by atoms with Crippen LogP contribution < -0.4 is 19.6 Å². The van der Waals surface area contributed by atoms with Gasteiger partial charge in [0.05, 0.1) is 59.8 Å². The van der Waals surface area contributed by atoms with E-state index in [0.29, 0.717) is 31.3 Å². The van der Waals surface area contributed by atoms with Crippen LogP contribution in [-0.4, -0.2) is 0 Å². The van der Waals surface area contributed by atoms with Crippen LogP contribution in [0.15, 0.2) is 297 Å². The molecule has 0 fully saturated rings. The lowest BCUT2D eigenvalue weighted by molar-refractivity contribution is 1.26. The van der Waals surface area contributed by atoms with Crippen molar-refractivity contribution in [1.82, 2.24) is 0 Å². The largest absolute Gasteiger partial charge is 0.311 e. The van der Waals surface area contributed by atoms with E-state index in [1.165, 1.54) is 16.7 Å². The molecule has 0 N–H and O–H groups in total. The number of hydrogen-bond donors (Lipinski definition) is 0. The molecule has 13 aromatic rings. The fourth-order valence-corrected chi connectivity index (χ4v) is 9.34. The van der Waals surface area contributed by atoms with Crippen LogP contribution in [0.5, 0.6) is 0 Å². The number of fused-ring (bicyclic) bond motifs is 4. The Morgan fingerprint density at radius 1 is 0.240 bits per heavy atom. The minimum Gasteiger partial charge on any atom is -0.311 e. The standard InChI is InChI=1S/C71H52N4/c1-51-39-41-57(42-40-51)73(56-29-9-4-10-30-56)59-45-49-61(50-46-59)75(69-38-20-24-53-22-12-14-32-63(53)69)71-66-35-17-15-33-64(66)70(65-34-16-18-36-67(65)71)74(68-37-19-23-52-21-11-13-31-62(52)68)60-47-43-58(44-48-60)72(54-25-5-2-6-26-54)55-27-7-3-8-28-55/h2-50H,1H3/i2D,3D,4D,5D,6D,7D,8D,9D,10D,25D,26D,27D,28D,29D,30D,39D,40D,41D,42D,43D,44D,45D,46D,47D,48D,49D,50D. The smallest absolute Gasteiger partial charge is 0.0646 e. The fraction of sp³-hybridized carbons (Fsp3) is 0.0141. The topological polar surface area (TPSA) is 13.0 Å². The van der Waals surface area contributed by atoms with E-state index in [4.69, 9.17) is 15.1 Å². The van der Waals surface area contributed by atoms with Crippen molar-refractivity contribution in [2.45, 2.75) is 6.92 Å². The quantitative estimate of drug-likeness (QED) is 0.0893. The highest BCUT2D eigenvalue weighted by Gasteiger charge is 2.27. The predicted molar refractivity (Wildman–Crippen MR) is 320 cm³/mol. The fourth-order valence-electron chi connectivity index (χ4n) is 9.34. The maximum atomic E-state index is 10.4.